The number of hydrogen-bond acceptors (Lipinski definition) is 2. The quantitative estimate of drug-likeness (QED) is 0.798. The number of halogens is 1. The van der Waals surface area contributed by atoms with Gasteiger partial charge >= 0.3 is 0 Å². The first kappa shape index (κ1) is 15.0. The molecule has 2 aromatic rings. The number of sulfonamides is 1. The van der Waals surface area contributed by atoms with Crippen molar-refractivity contribution >= 4 is 36.7 Å². The molecule has 1 heterocycles. The summed E-state index contributed by atoms with van der Waals surface area (Å²) in [5.41, 5.74) is 0. The van der Waals surface area contributed by atoms with E-state index in [9.17, 15) is 8.42 Å². The van der Waals surface area contributed by atoms with Gasteiger partial charge in [-0.25, -0.2) is 8.42 Å². The van der Waals surface area contributed by atoms with Crippen LogP contribution in [0.1, 0.15) is 26.2 Å². The highest BCUT2D eigenvalue weighted by Crippen LogP contribution is 2.33. The van der Waals surface area contributed by atoms with Crippen LogP contribution in [-0.4, -0.2) is 25.3 Å². The van der Waals surface area contributed by atoms with E-state index in [0.29, 0.717) is 11.4 Å². The Bertz CT molecular complexity index is 773. The average Bonchev–Trinajstić information content (AvgIpc) is 2.48. The Kier molecular flexibility index (Phi) is 4.08. The summed E-state index contributed by atoms with van der Waals surface area (Å²) in [6.07, 6.45) is 2.99. The summed E-state index contributed by atoms with van der Waals surface area (Å²) in [5, 5.41) is 1.72. The Morgan fingerprint density at radius 2 is 1.81 bits per heavy atom. The van der Waals surface area contributed by atoms with Crippen molar-refractivity contribution in [3.05, 3.63) is 40.9 Å². The largest absolute Gasteiger partial charge is 0.243 e. The van der Waals surface area contributed by atoms with Crippen LogP contribution in [0.25, 0.3) is 10.8 Å². The molecule has 0 spiro atoms. The maximum atomic E-state index is 13.0. The molecule has 0 amide bonds. The molecule has 1 fully saturated rings. The second-order valence-corrected chi connectivity index (χ2v) is 8.26. The van der Waals surface area contributed by atoms with E-state index in [1.54, 1.807) is 10.4 Å². The van der Waals surface area contributed by atoms with Crippen LogP contribution in [0.5, 0.6) is 0 Å². The van der Waals surface area contributed by atoms with Crippen molar-refractivity contribution in [3.8, 4) is 0 Å². The van der Waals surface area contributed by atoms with Gasteiger partial charge in [0.1, 0.15) is 0 Å². The third-order valence-electron chi connectivity index (χ3n) is 4.16. The third-order valence-corrected chi connectivity index (χ3v) is 6.92. The van der Waals surface area contributed by atoms with Gasteiger partial charge in [-0.3, -0.25) is 0 Å². The Hall–Kier alpha value is -0.910. The number of hydrogen-bond donors (Lipinski definition) is 0. The molecule has 0 N–H and O–H groups in total. The zero-order valence-corrected chi connectivity index (χ0v) is 14.3. The minimum Gasteiger partial charge on any atom is -0.207 e. The minimum atomic E-state index is -3.44. The van der Waals surface area contributed by atoms with Crippen molar-refractivity contribution in [1.29, 1.82) is 0 Å². The van der Waals surface area contributed by atoms with Gasteiger partial charge in [-0.1, -0.05) is 46.6 Å². The standard InChI is InChI=1S/C16H18BrNO2S/c1-12-6-4-5-11-18(12)21(19,20)16-10-9-15(17)13-7-2-3-8-14(13)16/h2-3,7-10,12H,4-6,11H2,1H3/t12-/m0/s1. The van der Waals surface area contributed by atoms with Gasteiger partial charge in [-0.05, 0) is 37.3 Å². The fourth-order valence-electron chi connectivity index (χ4n) is 3.01. The van der Waals surface area contributed by atoms with Gasteiger partial charge in [0, 0.05) is 22.4 Å². The Balaban J connectivity index is 2.17. The van der Waals surface area contributed by atoms with E-state index < -0.39 is 10.0 Å². The van der Waals surface area contributed by atoms with Crippen molar-refractivity contribution in [2.24, 2.45) is 0 Å². The summed E-state index contributed by atoms with van der Waals surface area (Å²) in [7, 11) is -3.44. The number of rotatable bonds is 2. The van der Waals surface area contributed by atoms with E-state index in [0.717, 1.165) is 34.5 Å². The van der Waals surface area contributed by atoms with Crippen molar-refractivity contribution < 1.29 is 8.42 Å². The normalized spacial score (nSPS) is 20.8. The molecule has 0 aliphatic carbocycles. The summed E-state index contributed by atoms with van der Waals surface area (Å²) < 4.78 is 28.6. The fraction of sp³-hybridized carbons (Fsp3) is 0.375. The van der Waals surface area contributed by atoms with Crippen LogP contribution >= 0.6 is 15.9 Å². The lowest BCUT2D eigenvalue weighted by atomic mass is 10.1. The van der Waals surface area contributed by atoms with Crippen LogP contribution in [0.15, 0.2) is 45.8 Å². The molecule has 5 heteroatoms. The van der Waals surface area contributed by atoms with E-state index in [-0.39, 0.29) is 6.04 Å². The summed E-state index contributed by atoms with van der Waals surface area (Å²) in [4.78, 5) is 0.412. The van der Waals surface area contributed by atoms with Crippen LogP contribution in [0.4, 0.5) is 0 Å². The number of benzene rings is 2. The lowest BCUT2D eigenvalue weighted by Gasteiger charge is -2.32. The van der Waals surface area contributed by atoms with Gasteiger partial charge in [0.25, 0.3) is 0 Å². The fourth-order valence-corrected chi connectivity index (χ4v) is 5.39. The maximum absolute atomic E-state index is 13.0. The second kappa shape index (κ2) is 5.71. The smallest absolute Gasteiger partial charge is 0.207 e. The van der Waals surface area contributed by atoms with Crippen molar-refractivity contribution in [2.45, 2.75) is 37.1 Å². The molecule has 3 rings (SSSR count). The van der Waals surface area contributed by atoms with Gasteiger partial charge in [-0.2, -0.15) is 4.31 Å². The van der Waals surface area contributed by atoms with E-state index in [4.69, 9.17) is 0 Å². The predicted octanol–water partition coefficient (Wildman–Crippen LogP) is 4.17. The number of nitrogens with zero attached hydrogens (tertiary/aromatic N) is 1. The summed E-state index contributed by atoms with van der Waals surface area (Å²) in [6.45, 7) is 2.62. The predicted molar refractivity (Wildman–Crippen MR) is 88.9 cm³/mol. The van der Waals surface area contributed by atoms with Crippen LogP contribution in [0.2, 0.25) is 0 Å². The Morgan fingerprint density at radius 3 is 2.52 bits per heavy atom. The summed E-state index contributed by atoms with van der Waals surface area (Å²) >= 11 is 3.50. The molecule has 0 aromatic heterocycles. The molecule has 1 aliphatic rings. The first-order valence-electron chi connectivity index (χ1n) is 7.21. The SMILES string of the molecule is C[C@H]1CCCCN1S(=O)(=O)c1ccc(Br)c2ccccc12. The molecule has 3 nitrogen and oxygen atoms in total. The van der Waals surface area contributed by atoms with Crippen LogP contribution in [0, 0.1) is 0 Å². The molecular weight excluding hydrogens is 350 g/mol. The van der Waals surface area contributed by atoms with E-state index >= 15 is 0 Å². The molecule has 0 radical (unpaired) electrons. The molecule has 0 saturated carbocycles. The molecular formula is C16H18BrNO2S. The minimum absolute atomic E-state index is 0.0751. The second-order valence-electron chi connectivity index (χ2n) is 5.55. The van der Waals surface area contributed by atoms with Gasteiger partial charge in [-0.15, -0.1) is 0 Å². The van der Waals surface area contributed by atoms with Crippen LogP contribution < -0.4 is 0 Å². The Morgan fingerprint density at radius 1 is 1.10 bits per heavy atom. The molecule has 0 unspecified atom stereocenters. The molecule has 21 heavy (non-hydrogen) atoms. The highest BCUT2D eigenvalue weighted by atomic mass is 79.9. The summed E-state index contributed by atoms with van der Waals surface area (Å²) in [5.74, 6) is 0. The summed E-state index contributed by atoms with van der Waals surface area (Å²) in [6, 6.07) is 11.2. The topological polar surface area (TPSA) is 37.4 Å². The molecule has 2 aromatic carbocycles. The average molecular weight is 368 g/mol. The lowest BCUT2D eigenvalue weighted by Crippen LogP contribution is -2.41. The van der Waals surface area contributed by atoms with Crippen molar-refractivity contribution in [1.82, 2.24) is 4.31 Å². The molecule has 112 valence electrons. The first-order valence-corrected chi connectivity index (χ1v) is 9.44. The lowest BCUT2D eigenvalue weighted by molar-refractivity contribution is 0.269. The number of piperidine rings is 1. The monoisotopic (exact) mass is 367 g/mol. The molecule has 0 bridgehead atoms. The van der Waals surface area contributed by atoms with Gasteiger partial charge < -0.3 is 0 Å². The zero-order valence-electron chi connectivity index (χ0n) is 11.9. The zero-order chi connectivity index (χ0) is 15.0. The molecule has 1 aliphatic heterocycles. The number of fused-ring (bicyclic) bond motifs is 1. The van der Waals surface area contributed by atoms with Gasteiger partial charge in [0.05, 0.1) is 4.90 Å². The van der Waals surface area contributed by atoms with E-state index in [2.05, 4.69) is 15.9 Å². The van der Waals surface area contributed by atoms with Gasteiger partial charge in [0.15, 0.2) is 0 Å². The maximum Gasteiger partial charge on any atom is 0.243 e. The Labute approximate surface area is 134 Å². The van der Waals surface area contributed by atoms with Gasteiger partial charge in [0.2, 0.25) is 10.0 Å². The molecule has 1 atom stereocenters. The first-order chi connectivity index (χ1) is 10.0. The highest BCUT2D eigenvalue weighted by molar-refractivity contribution is 9.10. The third kappa shape index (κ3) is 2.62. The highest BCUT2D eigenvalue weighted by Gasteiger charge is 2.32. The van der Waals surface area contributed by atoms with Crippen molar-refractivity contribution in [2.75, 3.05) is 6.54 Å². The molecule has 1 saturated heterocycles. The van der Waals surface area contributed by atoms with E-state index in [1.165, 1.54) is 0 Å². The van der Waals surface area contributed by atoms with E-state index in [1.807, 2.05) is 37.3 Å². The van der Waals surface area contributed by atoms with Crippen LogP contribution in [0.3, 0.4) is 0 Å². The van der Waals surface area contributed by atoms with Crippen molar-refractivity contribution in [3.63, 3.8) is 0 Å². The van der Waals surface area contributed by atoms with Crippen LogP contribution in [-0.2, 0) is 10.0 Å².